The maximum absolute atomic E-state index is 12.6. The fourth-order valence-electron chi connectivity index (χ4n) is 2.65. The van der Waals surface area contributed by atoms with E-state index in [0.29, 0.717) is 12.2 Å². The average Bonchev–Trinajstić information content (AvgIpc) is 2.57. The van der Waals surface area contributed by atoms with Crippen LogP contribution >= 0.6 is 15.9 Å². The van der Waals surface area contributed by atoms with E-state index in [1.165, 1.54) is 0 Å². The van der Waals surface area contributed by atoms with E-state index < -0.39 is 10.1 Å². The number of rotatable bonds is 5. The van der Waals surface area contributed by atoms with Gasteiger partial charge in [0.25, 0.3) is 0 Å². The first-order valence-corrected chi connectivity index (χ1v) is 9.94. The van der Waals surface area contributed by atoms with Crippen LogP contribution in [0.5, 0.6) is 5.75 Å². The third kappa shape index (κ3) is 3.78. The van der Waals surface area contributed by atoms with Crippen LogP contribution in [-0.4, -0.2) is 8.42 Å². The highest BCUT2D eigenvalue weighted by molar-refractivity contribution is 9.10. The molecule has 0 N–H and O–H groups in total. The molecular weight excluding hydrogens is 400 g/mol. The summed E-state index contributed by atoms with van der Waals surface area (Å²) < 4.78 is 31.6. The van der Waals surface area contributed by atoms with Crippen LogP contribution in [0.25, 0.3) is 10.8 Å². The second-order valence-electron chi connectivity index (χ2n) is 5.75. The van der Waals surface area contributed by atoms with Gasteiger partial charge in [0.15, 0.2) is 0 Å². The first-order valence-electron chi connectivity index (χ1n) is 7.74. The number of halogens is 1. The normalized spacial score (nSPS) is 11.4. The van der Waals surface area contributed by atoms with E-state index in [2.05, 4.69) is 22.5 Å². The molecule has 0 radical (unpaired) electrons. The van der Waals surface area contributed by atoms with Gasteiger partial charge in [-0.25, -0.2) is 0 Å². The Hall–Kier alpha value is -2.11. The third-order valence-electron chi connectivity index (χ3n) is 3.91. The Balaban J connectivity index is 2.08. The maximum Gasteiger partial charge on any atom is 0.339 e. The van der Waals surface area contributed by atoms with Crippen LogP contribution in [0.2, 0.25) is 0 Å². The smallest absolute Gasteiger partial charge is 0.339 e. The number of benzene rings is 3. The van der Waals surface area contributed by atoms with Crippen LogP contribution in [0.3, 0.4) is 0 Å². The van der Waals surface area contributed by atoms with Gasteiger partial charge in [0.1, 0.15) is 10.6 Å². The molecular formula is C20H17BrO3S. The highest BCUT2D eigenvalue weighted by Gasteiger charge is 2.19. The van der Waals surface area contributed by atoms with E-state index in [1.54, 1.807) is 36.4 Å². The van der Waals surface area contributed by atoms with Crippen molar-refractivity contribution in [3.63, 3.8) is 0 Å². The Labute approximate surface area is 156 Å². The first-order chi connectivity index (χ1) is 11.9. The number of aryl methyl sites for hydroxylation is 1. The fourth-order valence-corrected chi connectivity index (χ4v) is 3.99. The number of allylic oxidation sites excluding steroid dienone is 1. The molecule has 3 nitrogen and oxygen atoms in total. The lowest BCUT2D eigenvalue weighted by Crippen LogP contribution is -2.11. The number of hydrogen-bond donors (Lipinski definition) is 0. The summed E-state index contributed by atoms with van der Waals surface area (Å²) in [6.07, 6.45) is 2.25. The molecule has 0 aromatic heterocycles. The van der Waals surface area contributed by atoms with Crippen molar-refractivity contribution in [2.45, 2.75) is 18.2 Å². The van der Waals surface area contributed by atoms with Crippen molar-refractivity contribution in [2.75, 3.05) is 0 Å². The summed E-state index contributed by atoms with van der Waals surface area (Å²) in [6, 6.07) is 16.0. The van der Waals surface area contributed by atoms with Gasteiger partial charge in [-0.1, -0.05) is 51.8 Å². The summed E-state index contributed by atoms with van der Waals surface area (Å²) >= 11 is 3.45. The highest BCUT2D eigenvalue weighted by atomic mass is 79.9. The van der Waals surface area contributed by atoms with Crippen molar-refractivity contribution in [3.8, 4) is 5.75 Å². The molecule has 0 fully saturated rings. The zero-order valence-electron chi connectivity index (χ0n) is 13.7. The molecule has 0 unspecified atom stereocenters. The van der Waals surface area contributed by atoms with E-state index in [0.717, 1.165) is 26.4 Å². The minimum Gasteiger partial charge on any atom is -0.379 e. The minimum absolute atomic E-state index is 0.138. The van der Waals surface area contributed by atoms with E-state index in [4.69, 9.17) is 4.18 Å². The second kappa shape index (κ2) is 7.02. The fraction of sp³-hybridized carbons (Fsp3) is 0.100. The van der Waals surface area contributed by atoms with E-state index >= 15 is 0 Å². The summed E-state index contributed by atoms with van der Waals surface area (Å²) in [5.74, 6) is 0.329. The molecule has 0 aliphatic heterocycles. The Bertz CT molecular complexity index is 1040. The molecule has 128 valence electrons. The van der Waals surface area contributed by atoms with Gasteiger partial charge in [0.05, 0.1) is 0 Å². The Morgan fingerprint density at radius 3 is 2.48 bits per heavy atom. The Morgan fingerprint density at radius 2 is 1.80 bits per heavy atom. The van der Waals surface area contributed by atoms with Gasteiger partial charge < -0.3 is 4.18 Å². The van der Waals surface area contributed by atoms with E-state index in [1.807, 2.05) is 31.2 Å². The SMILES string of the molecule is C=CCc1c(OS(=O)(=O)c2ccc(C)cc2)ccc2cc(Br)ccc12. The standard InChI is InChI=1S/C20H17BrO3S/c1-3-4-19-18-11-8-16(21)13-15(18)7-12-20(19)24-25(22,23)17-9-5-14(2)6-10-17/h3,5-13H,1,4H2,2H3. The molecule has 0 heterocycles. The molecule has 0 amide bonds. The van der Waals surface area contributed by atoms with Crippen molar-refractivity contribution in [2.24, 2.45) is 0 Å². The lowest BCUT2D eigenvalue weighted by molar-refractivity contribution is 0.484. The largest absolute Gasteiger partial charge is 0.379 e. The highest BCUT2D eigenvalue weighted by Crippen LogP contribution is 2.32. The van der Waals surface area contributed by atoms with Gasteiger partial charge in [-0.15, -0.1) is 6.58 Å². The van der Waals surface area contributed by atoms with Crippen LogP contribution in [0.4, 0.5) is 0 Å². The molecule has 0 atom stereocenters. The van der Waals surface area contributed by atoms with Crippen molar-refractivity contribution < 1.29 is 12.6 Å². The summed E-state index contributed by atoms with van der Waals surface area (Å²) in [5.41, 5.74) is 1.79. The van der Waals surface area contributed by atoms with Gasteiger partial charge >= 0.3 is 10.1 Å². The van der Waals surface area contributed by atoms with Crippen LogP contribution in [-0.2, 0) is 16.5 Å². The van der Waals surface area contributed by atoms with Crippen LogP contribution in [0, 0.1) is 6.92 Å². The zero-order valence-corrected chi connectivity index (χ0v) is 16.1. The van der Waals surface area contributed by atoms with Gasteiger partial charge in [-0.2, -0.15) is 8.42 Å². The predicted octanol–water partition coefficient (Wildman–Crippen LogP) is 5.41. The quantitative estimate of drug-likeness (QED) is 0.412. The number of fused-ring (bicyclic) bond motifs is 1. The van der Waals surface area contributed by atoms with Gasteiger partial charge in [-0.05, 0) is 54.4 Å². The molecule has 25 heavy (non-hydrogen) atoms. The second-order valence-corrected chi connectivity index (χ2v) is 8.21. The molecule has 0 bridgehead atoms. The van der Waals surface area contributed by atoms with Crippen LogP contribution < -0.4 is 4.18 Å². The molecule has 0 saturated carbocycles. The molecule has 0 spiro atoms. The molecule has 3 aromatic rings. The molecule has 3 aromatic carbocycles. The lowest BCUT2D eigenvalue weighted by atomic mass is 10.0. The van der Waals surface area contributed by atoms with E-state index in [-0.39, 0.29) is 4.90 Å². The Morgan fingerprint density at radius 1 is 1.08 bits per heavy atom. The summed E-state index contributed by atoms with van der Waals surface area (Å²) in [6.45, 7) is 5.68. The van der Waals surface area contributed by atoms with E-state index in [9.17, 15) is 8.42 Å². The summed E-state index contributed by atoms with van der Waals surface area (Å²) in [7, 11) is -3.89. The molecule has 5 heteroatoms. The molecule has 3 rings (SSSR count). The molecule has 0 aliphatic carbocycles. The molecule has 0 aliphatic rings. The average molecular weight is 417 g/mol. The topological polar surface area (TPSA) is 43.4 Å². The van der Waals surface area contributed by atoms with Gasteiger partial charge in [-0.3, -0.25) is 0 Å². The maximum atomic E-state index is 12.6. The zero-order chi connectivity index (χ0) is 18.0. The first kappa shape index (κ1) is 17.7. The van der Waals surface area contributed by atoms with Gasteiger partial charge in [0, 0.05) is 10.0 Å². The van der Waals surface area contributed by atoms with Crippen LogP contribution in [0.1, 0.15) is 11.1 Å². The Kier molecular flexibility index (Phi) is 4.97. The third-order valence-corrected chi connectivity index (χ3v) is 5.65. The van der Waals surface area contributed by atoms with Crippen molar-refractivity contribution >= 4 is 36.8 Å². The van der Waals surface area contributed by atoms with Gasteiger partial charge in [0.2, 0.25) is 0 Å². The minimum atomic E-state index is -3.89. The number of hydrogen-bond acceptors (Lipinski definition) is 3. The van der Waals surface area contributed by atoms with Crippen molar-refractivity contribution in [3.05, 3.63) is 82.9 Å². The van der Waals surface area contributed by atoms with Crippen molar-refractivity contribution in [1.29, 1.82) is 0 Å². The monoisotopic (exact) mass is 416 g/mol. The van der Waals surface area contributed by atoms with Crippen LogP contribution in [0.15, 0.2) is 76.6 Å². The predicted molar refractivity (Wildman–Crippen MR) is 105 cm³/mol. The lowest BCUT2D eigenvalue weighted by Gasteiger charge is -2.13. The summed E-state index contributed by atoms with van der Waals surface area (Å²) in [5, 5.41) is 1.95. The molecule has 0 saturated heterocycles. The summed E-state index contributed by atoms with van der Waals surface area (Å²) in [4.78, 5) is 0.138. The van der Waals surface area contributed by atoms with Crippen molar-refractivity contribution in [1.82, 2.24) is 0 Å².